The van der Waals surface area contributed by atoms with Gasteiger partial charge in [0.2, 0.25) is 0 Å². The molecular formula is C47H28N4S2. The second-order valence-electron chi connectivity index (χ2n) is 12.5. The summed E-state index contributed by atoms with van der Waals surface area (Å²) in [5, 5.41) is 12.6. The molecule has 0 spiro atoms. The monoisotopic (exact) mass is 718 g/mol. The third kappa shape index (κ3) is 5.79. The zero-order chi connectivity index (χ0) is 40.5. The molecule has 10 rings (SSSR count). The lowest BCUT2D eigenvalue weighted by Crippen LogP contribution is -2.09. The molecule has 6 heteroatoms. The highest BCUT2D eigenvalue weighted by atomic mass is 32.1. The van der Waals surface area contributed by atoms with Crippen molar-refractivity contribution >= 4 is 81.7 Å². The minimum atomic E-state index is -0.313. The predicted molar refractivity (Wildman–Crippen MR) is 224 cm³/mol. The third-order valence-corrected chi connectivity index (χ3v) is 11.3. The van der Waals surface area contributed by atoms with Gasteiger partial charge in [-0.1, -0.05) is 60.6 Å². The number of hydrogen-bond donors (Lipinski definition) is 0. The first-order valence-corrected chi connectivity index (χ1v) is 18.5. The van der Waals surface area contributed by atoms with Crippen molar-refractivity contribution < 1.29 is 8.22 Å². The Labute approximate surface area is 322 Å². The molecule has 0 aliphatic rings. The van der Waals surface area contributed by atoms with Crippen LogP contribution in [0.15, 0.2) is 170 Å². The van der Waals surface area contributed by atoms with Crippen LogP contribution in [0.4, 0.5) is 17.1 Å². The van der Waals surface area contributed by atoms with Crippen LogP contribution in [0, 0.1) is 11.3 Å². The van der Waals surface area contributed by atoms with Crippen LogP contribution in [-0.2, 0) is 0 Å². The minimum absolute atomic E-state index is 0.0306. The van der Waals surface area contributed by atoms with Crippen LogP contribution < -0.4 is 4.90 Å². The number of nitriles is 1. The molecule has 248 valence electrons. The zero-order valence-corrected chi connectivity index (χ0v) is 29.4. The number of rotatable bonds is 6. The fourth-order valence-electron chi connectivity index (χ4n) is 6.50. The molecule has 0 bridgehead atoms. The van der Waals surface area contributed by atoms with Gasteiger partial charge in [0, 0.05) is 28.2 Å². The summed E-state index contributed by atoms with van der Waals surface area (Å²) in [6, 6.07) is 42.5. The summed E-state index contributed by atoms with van der Waals surface area (Å²) in [5.41, 5.74) is 6.05. The molecule has 0 atom stereocenters. The van der Waals surface area contributed by atoms with E-state index in [9.17, 15) is 13.5 Å². The van der Waals surface area contributed by atoms with Crippen LogP contribution in [0.1, 0.15) is 13.8 Å². The average molecular weight is 719 g/mol. The molecule has 0 fully saturated rings. The smallest absolute Gasteiger partial charge is 0.124 e. The van der Waals surface area contributed by atoms with E-state index < -0.39 is 0 Å². The van der Waals surface area contributed by atoms with Gasteiger partial charge in [-0.2, -0.15) is 5.26 Å². The van der Waals surface area contributed by atoms with Crippen molar-refractivity contribution in [2.45, 2.75) is 0 Å². The number of anilines is 3. The van der Waals surface area contributed by atoms with Crippen LogP contribution in [0.2, 0.25) is 0 Å². The van der Waals surface area contributed by atoms with Gasteiger partial charge in [0.05, 0.1) is 40.3 Å². The molecule has 2 aromatic heterocycles. The van der Waals surface area contributed by atoms with E-state index in [1.54, 1.807) is 64.0 Å². The van der Waals surface area contributed by atoms with E-state index in [2.05, 4.69) is 6.07 Å². The number of benzene rings is 8. The highest BCUT2D eigenvalue weighted by Crippen LogP contribution is 2.40. The molecule has 0 amide bonds. The van der Waals surface area contributed by atoms with Crippen LogP contribution in [0.25, 0.3) is 74.2 Å². The van der Waals surface area contributed by atoms with Crippen molar-refractivity contribution in [1.82, 2.24) is 9.97 Å². The fourth-order valence-corrected chi connectivity index (χ4v) is 8.44. The van der Waals surface area contributed by atoms with Crippen molar-refractivity contribution in [3.05, 3.63) is 175 Å². The van der Waals surface area contributed by atoms with Gasteiger partial charge >= 0.3 is 0 Å². The van der Waals surface area contributed by atoms with Crippen LogP contribution in [-0.4, -0.2) is 9.97 Å². The standard InChI is InChI=1S/C47H28N4S2/c48-29-30-9-10-34-26-35(12-11-33(34)25-30)36-13-14-38-28-41(24-19-37(38)27-36)51(39-20-15-31(16-21-39)46-49-42-5-1-3-7-44(42)52-46)40-22-17-32(18-23-40)47-50-43-6-2-4-8-45(43)53-47/h1-28H/i13D,14D,19D,24D,27D,28D. The van der Waals surface area contributed by atoms with Gasteiger partial charge in [0.1, 0.15) is 10.0 Å². The van der Waals surface area contributed by atoms with Gasteiger partial charge in [-0.25, -0.2) is 9.97 Å². The largest absolute Gasteiger partial charge is 0.310 e. The summed E-state index contributed by atoms with van der Waals surface area (Å²) in [6.07, 6.45) is 0. The molecule has 53 heavy (non-hydrogen) atoms. The lowest BCUT2D eigenvalue weighted by atomic mass is 9.97. The molecule has 2 heterocycles. The Morgan fingerprint density at radius 2 is 1.04 bits per heavy atom. The van der Waals surface area contributed by atoms with E-state index >= 15 is 0 Å². The Kier molecular flexibility index (Phi) is 6.14. The number of fused-ring (bicyclic) bond motifs is 4. The Bertz CT molecular complexity index is 3190. The normalized spacial score (nSPS) is 13.0. The molecule has 0 radical (unpaired) electrons. The van der Waals surface area contributed by atoms with Gasteiger partial charge in [-0.3, -0.25) is 0 Å². The number of para-hydroxylation sites is 2. The Hall–Kier alpha value is -6.65. The molecule has 8 aromatic carbocycles. The number of nitrogens with zero attached hydrogens (tertiary/aromatic N) is 4. The average Bonchev–Trinajstić information content (AvgIpc) is 3.91. The van der Waals surface area contributed by atoms with Crippen molar-refractivity contribution in [3.63, 3.8) is 0 Å². The van der Waals surface area contributed by atoms with Crippen LogP contribution in [0.5, 0.6) is 0 Å². The van der Waals surface area contributed by atoms with E-state index in [0.717, 1.165) is 52.3 Å². The maximum Gasteiger partial charge on any atom is 0.124 e. The second kappa shape index (κ2) is 12.8. The maximum atomic E-state index is 9.66. The summed E-state index contributed by atoms with van der Waals surface area (Å²) < 4.78 is 58.5. The highest BCUT2D eigenvalue weighted by molar-refractivity contribution is 7.22. The molecule has 0 saturated carbocycles. The summed E-state index contributed by atoms with van der Waals surface area (Å²) in [7, 11) is 0. The highest BCUT2D eigenvalue weighted by Gasteiger charge is 2.16. The molecule has 0 saturated heterocycles. The molecule has 4 nitrogen and oxygen atoms in total. The summed E-state index contributed by atoms with van der Waals surface area (Å²) in [6.45, 7) is 0. The Balaban J connectivity index is 1.14. The van der Waals surface area contributed by atoms with Crippen LogP contribution >= 0.6 is 22.7 Å². The third-order valence-electron chi connectivity index (χ3n) is 9.18. The SMILES string of the molecule is [2H]c1c(N(c2ccc(-c3nc4ccccc4s3)cc2)c2ccc(-c3nc4ccccc4s3)cc2)c([2H])c2c([2H])c([2H])c(-c3ccc4cc(C#N)ccc4c3)c([2H])c2c1[2H]. The summed E-state index contributed by atoms with van der Waals surface area (Å²) in [5.74, 6) is 0. The van der Waals surface area contributed by atoms with Crippen LogP contribution in [0.3, 0.4) is 0 Å². The first-order chi connectivity index (χ1) is 28.7. The number of thiazole rings is 2. The van der Waals surface area contributed by atoms with E-state index in [4.69, 9.17) is 9.97 Å². The van der Waals surface area contributed by atoms with Crippen molar-refractivity contribution in [2.75, 3.05) is 4.90 Å². The van der Waals surface area contributed by atoms with E-state index in [0.29, 0.717) is 22.5 Å². The van der Waals surface area contributed by atoms with E-state index in [-0.39, 0.29) is 58.3 Å². The summed E-state index contributed by atoms with van der Waals surface area (Å²) in [4.78, 5) is 11.4. The fraction of sp³-hybridized carbons (Fsp3) is 0. The maximum absolute atomic E-state index is 9.66. The molecular weight excluding hydrogens is 685 g/mol. The molecule has 0 aliphatic carbocycles. The topological polar surface area (TPSA) is 52.8 Å². The predicted octanol–water partition coefficient (Wildman–Crippen LogP) is 13.6. The number of aromatic nitrogens is 2. The van der Waals surface area contributed by atoms with Gasteiger partial charge in [-0.15, -0.1) is 22.7 Å². The van der Waals surface area contributed by atoms with E-state index in [1.165, 1.54) is 0 Å². The minimum Gasteiger partial charge on any atom is -0.310 e. The quantitative estimate of drug-likeness (QED) is 0.172. The van der Waals surface area contributed by atoms with Gasteiger partial charge in [0.15, 0.2) is 0 Å². The van der Waals surface area contributed by atoms with Crippen molar-refractivity contribution in [2.24, 2.45) is 0 Å². The van der Waals surface area contributed by atoms with Gasteiger partial charge in [0.25, 0.3) is 0 Å². The van der Waals surface area contributed by atoms with Gasteiger partial charge < -0.3 is 4.90 Å². The second-order valence-corrected chi connectivity index (χ2v) is 14.6. The molecule has 0 aliphatic heterocycles. The Morgan fingerprint density at radius 1 is 0.491 bits per heavy atom. The Morgan fingerprint density at radius 3 is 1.66 bits per heavy atom. The lowest BCUT2D eigenvalue weighted by Gasteiger charge is -2.26. The summed E-state index contributed by atoms with van der Waals surface area (Å²) >= 11 is 3.18. The van der Waals surface area contributed by atoms with Crippen molar-refractivity contribution in [3.8, 4) is 38.3 Å². The lowest BCUT2D eigenvalue weighted by molar-refractivity contribution is 1.29. The molecule has 10 aromatic rings. The zero-order valence-electron chi connectivity index (χ0n) is 33.8. The number of hydrogen-bond acceptors (Lipinski definition) is 6. The first kappa shape index (κ1) is 25.3. The van der Waals surface area contributed by atoms with Crippen molar-refractivity contribution in [1.29, 1.82) is 5.26 Å². The molecule has 0 unspecified atom stereocenters. The first-order valence-electron chi connectivity index (χ1n) is 19.9. The van der Waals surface area contributed by atoms with E-state index in [1.807, 2.05) is 97.1 Å². The van der Waals surface area contributed by atoms with Gasteiger partial charge in [-0.05, 0) is 142 Å². The molecule has 0 N–H and O–H groups in total.